The van der Waals surface area contributed by atoms with Crippen LogP contribution in [-0.2, 0) is 13.0 Å². The van der Waals surface area contributed by atoms with Gasteiger partial charge in [0.15, 0.2) is 0 Å². The molecule has 2 aromatic carbocycles. The van der Waals surface area contributed by atoms with Crippen LogP contribution in [0, 0.1) is 28.8 Å². The van der Waals surface area contributed by atoms with Crippen molar-refractivity contribution in [3.63, 3.8) is 0 Å². The molecular weight excluding hydrogens is 277 g/mol. The van der Waals surface area contributed by atoms with Gasteiger partial charge in [0.2, 0.25) is 0 Å². The standard InChI is InChI=1S/C16H13F3N2/c17-14-6-11(7-15(18)8-14)3-4-21-10-13-5-12(9-20)1-2-16(13)19/h1-2,5-8,21H,3-4,10H2. The molecule has 1 N–H and O–H groups in total. The van der Waals surface area contributed by atoms with Crippen LogP contribution in [0.5, 0.6) is 0 Å². The molecule has 5 heteroatoms. The van der Waals surface area contributed by atoms with Crippen molar-refractivity contribution < 1.29 is 13.2 Å². The summed E-state index contributed by atoms with van der Waals surface area (Å²) in [6.45, 7) is 0.693. The van der Waals surface area contributed by atoms with Crippen LogP contribution in [0.1, 0.15) is 16.7 Å². The summed E-state index contributed by atoms with van der Waals surface area (Å²) < 4.78 is 39.5. The molecule has 108 valence electrons. The quantitative estimate of drug-likeness (QED) is 0.858. The number of nitrogens with zero attached hydrogens (tertiary/aromatic N) is 1. The Morgan fingerprint density at radius 1 is 1.00 bits per heavy atom. The molecule has 0 spiro atoms. The Morgan fingerprint density at radius 2 is 1.71 bits per heavy atom. The first-order chi connectivity index (χ1) is 10.1. The zero-order chi connectivity index (χ0) is 15.2. The van der Waals surface area contributed by atoms with E-state index in [1.54, 1.807) is 0 Å². The van der Waals surface area contributed by atoms with Crippen LogP contribution in [0.15, 0.2) is 36.4 Å². The number of rotatable bonds is 5. The highest BCUT2D eigenvalue weighted by atomic mass is 19.1. The van der Waals surface area contributed by atoms with Crippen molar-refractivity contribution in [1.29, 1.82) is 5.26 Å². The molecule has 2 nitrogen and oxygen atoms in total. The van der Waals surface area contributed by atoms with Crippen molar-refractivity contribution in [2.75, 3.05) is 6.54 Å². The first-order valence-electron chi connectivity index (χ1n) is 6.42. The number of hydrogen-bond donors (Lipinski definition) is 1. The molecule has 0 unspecified atom stereocenters. The predicted molar refractivity (Wildman–Crippen MR) is 72.9 cm³/mol. The summed E-state index contributed by atoms with van der Waals surface area (Å²) in [6, 6.07) is 9.43. The smallest absolute Gasteiger partial charge is 0.127 e. The Bertz CT molecular complexity index is 657. The van der Waals surface area contributed by atoms with E-state index in [-0.39, 0.29) is 6.54 Å². The fourth-order valence-electron chi connectivity index (χ4n) is 1.99. The van der Waals surface area contributed by atoms with Gasteiger partial charge in [-0.15, -0.1) is 0 Å². The molecule has 0 fully saturated rings. The lowest BCUT2D eigenvalue weighted by atomic mass is 10.1. The molecule has 0 aliphatic heterocycles. The SMILES string of the molecule is N#Cc1ccc(F)c(CNCCc2cc(F)cc(F)c2)c1. The summed E-state index contributed by atoms with van der Waals surface area (Å²) >= 11 is 0. The van der Waals surface area contributed by atoms with Gasteiger partial charge in [-0.05, 0) is 48.9 Å². The number of nitriles is 1. The maximum Gasteiger partial charge on any atom is 0.127 e. The maximum absolute atomic E-state index is 13.5. The summed E-state index contributed by atoms with van der Waals surface area (Å²) in [7, 11) is 0. The minimum Gasteiger partial charge on any atom is -0.312 e. The van der Waals surface area contributed by atoms with Gasteiger partial charge in [0.05, 0.1) is 11.6 Å². The molecule has 0 aliphatic carbocycles. The second kappa shape index (κ2) is 6.91. The van der Waals surface area contributed by atoms with Crippen molar-refractivity contribution in [3.8, 4) is 6.07 Å². The van der Waals surface area contributed by atoms with E-state index in [9.17, 15) is 13.2 Å². The molecule has 0 saturated carbocycles. The Kier molecular flexibility index (Phi) is 4.96. The van der Waals surface area contributed by atoms with Crippen LogP contribution in [-0.4, -0.2) is 6.54 Å². The molecule has 2 aromatic rings. The predicted octanol–water partition coefficient (Wildman–Crippen LogP) is 3.31. The lowest BCUT2D eigenvalue weighted by Crippen LogP contribution is -2.17. The summed E-state index contributed by atoms with van der Waals surface area (Å²) in [4.78, 5) is 0. The number of benzene rings is 2. The Labute approximate surface area is 120 Å². The lowest BCUT2D eigenvalue weighted by Gasteiger charge is -2.07. The molecule has 0 saturated heterocycles. The Morgan fingerprint density at radius 3 is 2.38 bits per heavy atom. The third-order valence-electron chi connectivity index (χ3n) is 3.00. The summed E-state index contributed by atoms with van der Waals surface area (Å²) in [5.41, 5.74) is 1.31. The molecule has 0 aliphatic rings. The maximum atomic E-state index is 13.5. The van der Waals surface area contributed by atoms with Gasteiger partial charge < -0.3 is 5.32 Å². The average molecular weight is 290 g/mol. The Balaban J connectivity index is 1.89. The highest BCUT2D eigenvalue weighted by Crippen LogP contribution is 2.11. The van der Waals surface area contributed by atoms with E-state index in [0.717, 1.165) is 6.07 Å². The second-order valence-electron chi connectivity index (χ2n) is 4.62. The van der Waals surface area contributed by atoms with Gasteiger partial charge in [-0.25, -0.2) is 13.2 Å². The highest BCUT2D eigenvalue weighted by Gasteiger charge is 2.04. The van der Waals surface area contributed by atoms with Gasteiger partial charge in [-0.1, -0.05) is 0 Å². The van der Waals surface area contributed by atoms with Crippen molar-refractivity contribution in [3.05, 3.63) is 70.5 Å². The molecule has 0 bridgehead atoms. The van der Waals surface area contributed by atoms with E-state index in [4.69, 9.17) is 5.26 Å². The van der Waals surface area contributed by atoms with Crippen LogP contribution >= 0.6 is 0 Å². The fraction of sp³-hybridized carbons (Fsp3) is 0.188. The van der Waals surface area contributed by atoms with E-state index in [1.807, 2.05) is 6.07 Å². The van der Waals surface area contributed by atoms with Crippen molar-refractivity contribution in [2.24, 2.45) is 0 Å². The molecule has 0 radical (unpaired) electrons. The fourth-order valence-corrected chi connectivity index (χ4v) is 1.99. The van der Waals surface area contributed by atoms with E-state index >= 15 is 0 Å². The molecule has 0 amide bonds. The third-order valence-corrected chi connectivity index (χ3v) is 3.00. The normalized spacial score (nSPS) is 10.4. The average Bonchev–Trinajstić information content (AvgIpc) is 2.44. The minimum atomic E-state index is -0.613. The van der Waals surface area contributed by atoms with E-state index in [2.05, 4.69) is 5.32 Å². The van der Waals surface area contributed by atoms with Crippen molar-refractivity contribution in [2.45, 2.75) is 13.0 Å². The Hall–Kier alpha value is -2.32. The van der Waals surface area contributed by atoms with Crippen LogP contribution < -0.4 is 5.32 Å². The molecule has 21 heavy (non-hydrogen) atoms. The van der Waals surface area contributed by atoms with Gasteiger partial charge in [0.1, 0.15) is 17.5 Å². The zero-order valence-electron chi connectivity index (χ0n) is 11.2. The van der Waals surface area contributed by atoms with Crippen LogP contribution in [0.4, 0.5) is 13.2 Å². The minimum absolute atomic E-state index is 0.249. The highest BCUT2D eigenvalue weighted by molar-refractivity contribution is 5.33. The molecule has 2 rings (SSSR count). The number of halogens is 3. The van der Waals surface area contributed by atoms with Gasteiger partial charge >= 0.3 is 0 Å². The summed E-state index contributed by atoms with van der Waals surface area (Å²) in [5.74, 6) is -1.62. The zero-order valence-corrected chi connectivity index (χ0v) is 11.2. The number of hydrogen-bond acceptors (Lipinski definition) is 2. The number of nitrogens with one attached hydrogen (secondary N) is 1. The van der Waals surface area contributed by atoms with Crippen molar-refractivity contribution >= 4 is 0 Å². The van der Waals surface area contributed by atoms with Gasteiger partial charge in [-0.2, -0.15) is 5.26 Å². The van der Waals surface area contributed by atoms with Crippen LogP contribution in [0.3, 0.4) is 0 Å². The lowest BCUT2D eigenvalue weighted by molar-refractivity contribution is 0.574. The monoisotopic (exact) mass is 290 g/mol. The molecule has 0 heterocycles. The second-order valence-corrected chi connectivity index (χ2v) is 4.62. The summed E-state index contributed by atoms with van der Waals surface area (Å²) in [6.07, 6.45) is 0.425. The van der Waals surface area contributed by atoms with Gasteiger partial charge in [0, 0.05) is 18.2 Å². The largest absolute Gasteiger partial charge is 0.312 e. The topological polar surface area (TPSA) is 35.8 Å². The first-order valence-corrected chi connectivity index (χ1v) is 6.42. The first kappa shape index (κ1) is 15.1. The van der Waals surface area contributed by atoms with E-state index in [1.165, 1.54) is 30.3 Å². The van der Waals surface area contributed by atoms with Gasteiger partial charge in [0.25, 0.3) is 0 Å². The molecule has 0 atom stereocenters. The summed E-state index contributed by atoms with van der Waals surface area (Å²) in [5, 5.41) is 11.7. The van der Waals surface area contributed by atoms with E-state index < -0.39 is 17.5 Å². The van der Waals surface area contributed by atoms with E-state index in [0.29, 0.717) is 29.7 Å². The van der Waals surface area contributed by atoms with Crippen molar-refractivity contribution in [1.82, 2.24) is 5.32 Å². The third kappa shape index (κ3) is 4.33. The molecule has 0 aromatic heterocycles. The van der Waals surface area contributed by atoms with Crippen LogP contribution in [0.25, 0.3) is 0 Å². The molecular formula is C16H13F3N2. The van der Waals surface area contributed by atoms with Gasteiger partial charge in [-0.3, -0.25) is 0 Å². The van der Waals surface area contributed by atoms with Crippen LogP contribution in [0.2, 0.25) is 0 Å².